The molecule has 3 heteroatoms. The largest absolute Gasteiger partial charge is 0.294 e. The minimum Gasteiger partial charge on any atom is -0.294 e. The van der Waals surface area contributed by atoms with Crippen LogP contribution in [0.4, 0.5) is 0 Å². The number of piperidine rings is 1. The lowest BCUT2D eigenvalue weighted by molar-refractivity contribution is 0.190. The van der Waals surface area contributed by atoms with Gasteiger partial charge in [-0.15, -0.1) is 0 Å². The highest BCUT2D eigenvalue weighted by molar-refractivity contribution is 6.07. The number of hydrogen-bond donors (Lipinski definition) is 0. The molecular weight excluding hydrogens is 366 g/mol. The first-order valence-corrected chi connectivity index (χ1v) is 10.7. The van der Waals surface area contributed by atoms with Crippen molar-refractivity contribution in [1.82, 2.24) is 9.91 Å². The van der Waals surface area contributed by atoms with E-state index in [4.69, 9.17) is 5.10 Å². The van der Waals surface area contributed by atoms with Gasteiger partial charge in [0.15, 0.2) is 0 Å². The van der Waals surface area contributed by atoms with Gasteiger partial charge in [0.2, 0.25) is 0 Å². The molecule has 1 fully saturated rings. The molecule has 5 rings (SSSR count). The Morgan fingerprint density at radius 1 is 0.867 bits per heavy atom. The number of hydrazone groups is 1. The van der Waals surface area contributed by atoms with Gasteiger partial charge < -0.3 is 0 Å². The topological polar surface area (TPSA) is 18.8 Å². The first kappa shape index (κ1) is 18.8. The molecule has 0 aliphatic carbocycles. The third-order valence-electron chi connectivity index (χ3n) is 6.11. The Kier molecular flexibility index (Phi) is 5.20. The first-order valence-electron chi connectivity index (χ1n) is 10.7. The normalized spacial score (nSPS) is 22.8. The van der Waals surface area contributed by atoms with Crippen molar-refractivity contribution in [1.29, 1.82) is 0 Å². The van der Waals surface area contributed by atoms with Crippen LogP contribution in [0.2, 0.25) is 0 Å². The number of nitrogens with zero attached hydrogens (tertiary/aromatic N) is 3. The molecule has 2 unspecified atom stereocenters. The molecule has 0 saturated carbocycles. The highest BCUT2D eigenvalue weighted by atomic mass is 15.5. The van der Waals surface area contributed by atoms with Gasteiger partial charge in [0.1, 0.15) is 0 Å². The third kappa shape index (κ3) is 3.81. The van der Waals surface area contributed by atoms with Crippen LogP contribution in [-0.2, 0) is 6.54 Å². The average Bonchev–Trinajstić information content (AvgIpc) is 3.12. The second kappa shape index (κ2) is 8.29. The van der Waals surface area contributed by atoms with Gasteiger partial charge in [-0.25, -0.2) is 0 Å². The minimum atomic E-state index is 0.277. The Bertz CT molecular complexity index is 1040. The van der Waals surface area contributed by atoms with Crippen molar-refractivity contribution in [3.05, 3.63) is 113 Å². The van der Waals surface area contributed by atoms with Gasteiger partial charge in [0.05, 0.1) is 11.8 Å². The molecule has 150 valence electrons. The second-order valence-electron chi connectivity index (χ2n) is 8.26. The lowest BCUT2D eigenvalue weighted by atomic mass is 9.83. The zero-order valence-corrected chi connectivity index (χ0v) is 17.4. The Hall–Kier alpha value is -3.17. The number of rotatable bonds is 4. The van der Waals surface area contributed by atoms with Gasteiger partial charge >= 0.3 is 0 Å². The first-order chi connectivity index (χ1) is 14.8. The molecular formula is C27H27N3. The van der Waals surface area contributed by atoms with Gasteiger partial charge in [0.25, 0.3) is 0 Å². The van der Waals surface area contributed by atoms with Gasteiger partial charge in [-0.1, -0.05) is 91.0 Å². The lowest BCUT2D eigenvalue weighted by Gasteiger charge is -2.36. The standard InChI is InChI=1S/C27H27N3/c1-29-27(23-15-9-4-10-16-23)25-20-30(18-22-13-7-3-8-14-22)19-24(26(25)28-29)17-21-11-5-2-6-12-21/h2-17,25,27H,18-20H2,1H3/b24-17+. The number of hydrogen-bond acceptors (Lipinski definition) is 3. The van der Waals surface area contributed by atoms with Crippen molar-refractivity contribution in [3.63, 3.8) is 0 Å². The SMILES string of the molecule is CN1N=C2/C(=C/c3ccccc3)CN(Cc3ccccc3)CC2C1c1ccccc1. The predicted molar refractivity (Wildman–Crippen MR) is 124 cm³/mol. The molecule has 0 aromatic heterocycles. The fourth-order valence-corrected chi connectivity index (χ4v) is 4.80. The van der Waals surface area contributed by atoms with E-state index in [0.717, 1.165) is 19.6 Å². The third-order valence-corrected chi connectivity index (χ3v) is 6.11. The predicted octanol–water partition coefficient (Wildman–Crippen LogP) is 5.24. The quantitative estimate of drug-likeness (QED) is 0.603. The Morgan fingerprint density at radius 3 is 2.20 bits per heavy atom. The summed E-state index contributed by atoms with van der Waals surface area (Å²) in [5.41, 5.74) is 6.52. The van der Waals surface area contributed by atoms with E-state index in [1.54, 1.807) is 0 Å². The van der Waals surface area contributed by atoms with E-state index >= 15 is 0 Å². The van der Waals surface area contributed by atoms with Crippen LogP contribution in [0.5, 0.6) is 0 Å². The maximum absolute atomic E-state index is 5.04. The summed E-state index contributed by atoms with van der Waals surface area (Å²) in [4.78, 5) is 2.57. The molecule has 0 spiro atoms. The molecule has 3 aromatic carbocycles. The van der Waals surface area contributed by atoms with Crippen LogP contribution in [0.1, 0.15) is 22.7 Å². The Labute approximate surface area is 179 Å². The van der Waals surface area contributed by atoms with Crippen LogP contribution in [-0.4, -0.2) is 35.8 Å². The summed E-state index contributed by atoms with van der Waals surface area (Å²) in [6.07, 6.45) is 2.32. The maximum atomic E-state index is 5.04. The molecule has 0 bridgehead atoms. The molecule has 3 nitrogen and oxygen atoms in total. The van der Waals surface area contributed by atoms with Crippen molar-refractivity contribution in [2.24, 2.45) is 11.0 Å². The molecule has 2 atom stereocenters. The highest BCUT2D eigenvalue weighted by Crippen LogP contribution is 2.40. The molecule has 30 heavy (non-hydrogen) atoms. The summed E-state index contributed by atoms with van der Waals surface area (Å²) in [5.74, 6) is 0.366. The van der Waals surface area contributed by atoms with Crippen LogP contribution >= 0.6 is 0 Å². The monoisotopic (exact) mass is 393 g/mol. The van der Waals surface area contributed by atoms with Gasteiger partial charge in [-0.3, -0.25) is 9.91 Å². The van der Waals surface area contributed by atoms with E-state index in [0.29, 0.717) is 5.92 Å². The second-order valence-corrected chi connectivity index (χ2v) is 8.26. The summed E-state index contributed by atoms with van der Waals surface area (Å²) in [7, 11) is 2.12. The van der Waals surface area contributed by atoms with E-state index in [9.17, 15) is 0 Å². The van der Waals surface area contributed by atoms with E-state index in [1.807, 2.05) is 0 Å². The summed E-state index contributed by atoms with van der Waals surface area (Å²) in [5, 5.41) is 7.21. The summed E-state index contributed by atoms with van der Waals surface area (Å²) in [6.45, 7) is 2.90. The van der Waals surface area contributed by atoms with Gasteiger partial charge in [0, 0.05) is 32.6 Å². The van der Waals surface area contributed by atoms with E-state index in [-0.39, 0.29) is 6.04 Å². The molecule has 0 radical (unpaired) electrons. The van der Waals surface area contributed by atoms with Crippen molar-refractivity contribution in [2.75, 3.05) is 20.1 Å². The molecule has 2 aliphatic rings. The molecule has 0 amide bonds. The Morgan fingerprint density at radius 2 is 1.50 bits per heavy atom. The zero-order chi connectivity index (χ0) is 20.3. The van der Waals surface area contributed by atoms with Crippen molar-refractivity contribution >= 4 is 11.8 Å². The highest BCUT2D eigenvalue weighted by Gasteiger charge is 2.42. The lowest BCUT2D eigenvalue weighted by Crippen LogP contribution is -2.43. The molecule has 2 heterocycles. The summed E-state index contributed by atoms with van der Waals surface area (Å²) < 4.78 is 0. The average molecular weight is 394 g/mol. The fraction of sp³-hybridized carbons (Fsp3) is 0.222. The number of likely N-dealkylation sites (tertiary alicyclic amines) is 1. The van der Waals surface area contributed by atoms with Crippen molar-refractivity contribution in [3.8, 4) is 0 Å². The zero-order valence-electron chi connectivity index (χ0n) is 17.4. The van der Waals surface area contributed by atoms with Crippen molar-refractivity contribution < 1.29 is 0 Å². The Balaban J connectivity index is 1.51. The number of fused-ring (bicyclic) bond motifs is 1. The van der Waals surface area contributed by atoms with Gasteiger partial charge in [-0.05, 0) is 28.3 Å². The smallest absolute Gasteiger partial charge is 0.0813 e. The summed E-state index contributed by atoms with van der Waals surface area (Å²) >= 11 is 0. The van der Waals surface area contributed by atoms with Crippen LogP contribution in [0.15, 0.2) is 102 Å². The minimum absolute atomic E-state index is 0.277. The van der Waals surface area contributed by atoms with Gasteiger partial charge in [-0.2, -0.15) is 5.10 Å². The molecule has 1 saturated heterocycles. The van der Waals surface area contributed by atoms with Crippen LogP contribution in [0.3, 0.4) is 0 Å². The molecule has 3 aromatic rings. The van der Waals surface area contributed by atoms with E-state index < -0.39 is 0 Å². The molecule has 2 aliphatic heterocycles. The fourth-order valence-electron chi connectivity index (χ4n) is 4.80. The maximum Gasteiger partial charge on any atom is 0.0813 e. The van der Waals surface area contributed by atoms with Crippen LogP contribution in [0.25, 0.3) is 6.08 Å². The van der Waals surface area contributed by atoms with Crippen LogP contribution < -0.4 is 0 Å². The summed E-state index contributed by atoms with van der Waals surface area (Å²) in [6, 6.07) is 32.5. The molecule has 0 N–H and O–H groups in total. The van der Waals surface area contributed by atoms with E-state index in [2.05, 4.69) is 114 Å². The van der Waals surface area contributed by atoms with Crippen molar-refractivity contribution in [2.45, 2.75) is 12.6 Å². The number of benzene rings is 3. The van der Waals surface area contributed by atoms with E-state index in [1.165, 1.54) is 28.0 Å². The van der Waals surface area contributed by atoms with Crippen LogP contribution in [0, 0.1) is 5.92 Å².